The molecule has 0 fully saturated rings. The standard InChI is InChI=1S/C19H17F3N6O2S/c1-28(31(2,29)30)17-13(7-6-10-23-17)11-24-16-15(19(20,21)22)12-25-18(27-16)26-14-8-4-3-5-9-14/h3-12H,1-2H3,(H,25,26,27). The predicted molar refractivity (Wildman–Crippen MR) is 111 cm³/mol. The number of para-hydroxylation sites is 1. The molecule has 8 nitrogen and oxygen atoms in total. The zero-order valence-electron chi connectivity index (χ0n) is 16.4. The van der Waals surface area contributed by atoms with Crippen molar-refractivity contribution >= 4 is 39.5 Å². The van der Waals surface area contributed by atoms with E-state index < -0.39 is 27.6 Å². The average molecular weight is 450 g/mol. The number of alkyl halides is 3. The number of aliphatic imine (C=N–C) groups is 1. The van der Waals surface area contributed by atoms with E-state index in [2.05, 4.69) is 25.3 Å². The molecule has 0 aliphatic heterocycles. The molecule has 0 amide bonds. The number of nitrogens with zero attached hydrogens (tertiary/aromatic N) is 5. The number of pyridine rings is 1. The number of benzene rings is 1. The molecule has 1 N–H and O–H groups in total. The van der Waals surface area contributed by atoms with Crippen molar-refractivity contribution in [2.45, 2.75) is 6.18 Å². The van der Waals surface area contributed by atoms with E-state index >= 15 is 0 Å². The lowest BCUT2D eigenvalue weighted by molar-refractivity contribution is -0.137. The Morgan fingerprint density at radius 2 is 1.81 bits per heavy atom. The van der Waals surface area contributed by atoms with E-state index in [0.29, 0.717) is 11.9 Å². The van der Waals surface area contributed by atoms with Gasteiger partial charge in [-0.3, -0.25) is 4.31 Å². The lowest BCUT2D eigenvalue weighted by Crippen LogP contribution is -2.26. The first-order valence-electron chi connectivity index (χ1n) is 8.75. The highest BCUT2D eigenvalue weighted by molar-refractivity contribution is 7.92. The normalized spacial score (nSPS) is 12.2. The molecule has 0 saturated carbocycles. The van der Waals surface area contributed by atoms with Crippen LogP contribution < -0.4 is 9.62 Å². The number of halogens is 3. The first-order chi connectivity index (χ1) is 14.6. The summed E-state index contributed by atoms with van der Waals surface area (Å²) in [6.45, 7) is 0. The molecular weight excluding hydrogens is 433 g/mol. The highest BCUT2D eigenvalue weighted by Crippen LogP contribution is 2.35. The van der Waals surface area contributed by atoms with Crippen molar-refractivity contribution < 1.29 is 21.6 Å². The number of rotatable bonds is 6. The van der Waals surface area contributed by atoms with Crippen LogP contribution in [0.2, 0.25) is 0 Å². The van der Waals surface area contributed by atoms with Gasteiger partial charge in [0.15, 0.2) is 11.6 Å². The lowest BCUT2D eigenvalue weighted by atomic mass is 10.2. The molecule has 3 aromatic rings. The highest BCUT2D eigenvalue weighted by Gasteiger charge is 2.35. The van der Waals surface area contributed by atoms with Gasteiger partial charge in [-0.05, 0) is 24.3 Å². The molecular formula is C19H17F3N6O2S. The van der Waals surface area contributed by atoms with Crippen LogP contribution in [0, 0.1) is 0 Å². The molecule has 0 unspecified atom stereocenters. The van der Waals surface area contributed by atoms with Gasteiger partial charge in [0.05, 0.1) is 6.26 Å². The number of anilines is 3. The van der Waals surface area contributed by atoms with E-state index in [1.807, 2.05) is 0 Å². The number of hydrogen-bond donors (Lipinski definition) is 1. The molecule has 0 aliphatic rings. The molecule has 0 atom stereocenters. The van der Waals surface area contributed by atoms with Crippen molar-refractivity contribution in [3.63, 3.8) is 0 Å². The third-order valence-corrected chi connectivity index (χ3v) is 5.21. The second-order valence-electron chi connectivity index (χ2n) is 6.32. The van der Waals surface area contributed by atoms with Gasteiger partial charge >= 0.3 is 6.18 Å². The Labute approximate surface area is 176 Å². The van der Waals surface area contributed by atoms with Crippen molar-refractivity contribution in [3.05, 3.63) is 66.0 Å². The van der Waals surface area contributed by atoms with Crippen molar-refractivity contribution in [2.24, 2.45) is 4.99 Å². The number of sulfonamides is 1. The zero-order chi connectivity index (χ0) is 22.6. The van der Waals surface area contributed by atoms with Crippen molar-refractivity contribution in [2.75, 3.05) is 22.9 Å². The summed E-state index contributed by atoms with van der Waals surface area (Å²) >= 11 is 0. The lowest BCUT2D eigenvalue weighted by Gasteiger charge is -2.17. The largest absolute Gasteiger partial charge is 0.421 e. The van der Waals surface area contributed by atoms with Gasteiger partial charge in [0.2, 0.25) is 16.0 Å². The summed E-state index contributed by atoms with van der Waals surface area (Å²) in [6.07, 6.45) is -0.677. The Kier molecular flexibility index (Phi) is 6.20. The summed E-state index contributed by atoms with van der Waals surface area (Å²) in [4.78, 5) is 15.5. The fourth-order valence-electron chi connectivity index (χ4n) is 2.44. The predicted octanol–water partition coefficient (Wildman–Crippen LogP) is 3.78. The van der Waals surface area contributed by atoms with E-state index in [4.69, 9.17) is 0 Å². The van der Waals surface area contributed by atoms with Gasteiger partial charge < -0.3 is 5.32 Å². The summed E-state index contributed by atoms with van der Waals surface area (Å²) in [7, 11) is -2.36. The van der Waals surface area contributed by atoms with Crippen LogP contribution in [0.3, 0.4) is 0 Å². The minimum Gasteiger partial charge on any atom is -0.324 e. The minimum absolute atomic E-state index is 0.0130. The molecule has 3 rings (SSSR count). The molecule has 162 valence electrons. The summed E-state index contributed by atoms with van der Waals surface area (Å²) in [5.41, 5.74) is -0.356. The molecule has 0 spiro atoms. The molecule has 1 aromatic carbocycles. The Morgan fingerprint density at radius 3 is 2.45 bits per heavy atom. The second-order valence-corrected chi connectivity index (χ2v) is 8.34. The fraction of sp³-hybridized carbons (Fsp3) is 0.158. The van der Waals surface area contributed by atoms with Gasteiger partial charge in [0.1, 0.15) is 5.56 Å². The second kappa shape index (κ2) is 8.68. The van der Waals surface area contributed by atoms with Crippen LogP contribution in [0.15, 0.2) is 59.9 Å². The molecule has 0 bridgehead atoms. The van der Waals surface area contributed by atoms with Crippen LogP contribution in [0.5, 0.6) is 0 Å². The molecule has 0 radical (unpaired) electrons. The van der Waals surface area contributed by atoms with Crippen molar-refractivity contribution in [3.8, 4) is 0 Å². The van der Waals surface area contributed by atoms with Gasteiger partial charge in [-0.15, -0.1) is 0 Å². The van der Waals surface area contributed by atoms with E-state index in [0.717, 1.165) is 16.8 Å². The topological polar surface area (TPSA) is 100 Å². The van der Waals surface area contributed by atoms with Crippen LogP contribution in [0.25, 0.3) is 0 Å². The van der Waals surface area contributed by atoms with Gasteiger partial charge in [-0.25, -0.2) is 23.4 Å². The van der Waals surface area contributed by atoms with Crippen molar-refractivity contribution in [1.82, 2.24) is 15.0 Å². The molecule has 0 saturated heterocycles. The van der Waals surface area contributed by atoms with E-state index in [1.54, 1.807) is 30.3 Å². The highest BCUT2D eigenvalue weighted by atomic mass is 32.2. The Balaban J connectivity index is 2.02. The smallest absolute Gasteiger partial charge is 0.324 e. The first-order valence-corrected chi connectivity index (χ1v) is 10.6. The van der Waals surface area contributed by atoms with Crippen LogP contribution in [-0.2, 0) is 16.2 Å². The van der Waals surface area contributed by atoms with Crippen LogP contribution in [0.1, 0.15) is 11.1 Å². The maximum absolute atomic E-state index is 13.4. The molecule has 12 heteroatoms. The van der Waals surface area contributed by atoms with Gasteiger partial charge in [-0.2, -0.15) is 18.2 Å². The fourth-order valence-corrected chi connectivity index (χ4v) is 2.91. The zero-order valence-corrected chi connectivity index (χ0v) is 17.2. The van der Waals surface area contributed by atoms with Crippen LogP contribution >= 0.6 is 0 Å². The SMILES string of the molecule is CN(c1ncccc1C=Nc1nc(Nc2ccccc2)ncc1C(F)(F)F)S(C)(=O)=O. The molecule has 0 aliphatic carbocycles. The first kappa shape index (κ1) is 22.2. The summed E-state index contributed by atoms with van der Waals surface area (Å²) in [5.74, 6) is -0.692. The van der Waals surface area contributed by atoms with Crippen LogP contribution in [-0.4, -0.2) is 42.9 Å². The Morgan fingerprint density at radius 1 is 1.10 bits per heavy atom. The van der Waals surface area contributed by atoms with Gasteiger partial charge in [0, 0.05) is 36.9 Å². The Bertz CT molecular complexity index is 1200. The average Bonchev–Trinajstić information content (AvgIpc) is 2.71. The molecule has 31 heavy (non-hydrogen) atoms. The third-order valence-electron chi connectivity index (χ3n) is 4.04. The maximum Gasteiger partial charge on any atom is 0.421 e. The maximum atomic E-state index is 13.4. The molecule has 2 heterocycles. The van der Waals surface area contributed by atoms with Crippen molar-refractivity contribution in [1.29, 1.82) is 0 Å². The minimum atomic E-state index is -4.74. The number of hydrogen-bond acceptors (Lipinski definition) is 7. The van der Waals surface area contributed by atoms with E-state index in [1.165, 1.54) is 25.4 Å². The van der Waals surface area contributed by atoms with Crippen LogP contribution in [0.4, 0.5) is 36.4 Å². The quantitative estimate of drug-likeness (QED) is 0.574. The van der Waals surface area contributed by atoms with E-state index in [-0.39, 0.29) is 17.3 Å². The monoisotopic (exact) mass is 450 g/mol. The Hall–Kier alpha value is -3.54. The van der Waals surface area contributed by atoms with E-state index in [9.17, 15) is 21.6 Å². The summed E-state index contributed by atoms with van der Waals surface area (Å²) in [5, 5.41) is 2.81. The van der Waals surface area contributed by atoms with Gasteiger partial charge in [-0.1, -0.05) is 18.2 Å². The number of aromatic nitrogens is 3. The third kappa shape index (κ3) is 5.54. The van der Waals surface area contributed by atoms with Gasteiger partial charge in [0.25, 0.3) is 0 Å². The number of nitrogens with one attached hydrogen (secondary N) is 1. The summed E-state index contributed by atoms with van der Waals surface area (Å²) in [6, 6.07) is 11.7. The summed E-state index contributed by atoms with van der Waals surface area (Å²) < 4.78 is 64.8. The molecule has 2 aromatic heterocycles.